The number of hydrogen-bond acceptors (Lipinski definition) is 3. The predicted octanol–water partition coefficient (Wildman–Crippen LogP) is 2.52. The molecule has 0 spiro atoms. The van der Waals surface area contributed by atoms with Gasteiger partial charge < -0.3 is 9.80 Å². The Labute approximate surface area is 120 Å². The Balaban J connectivity index is 1.95. The summed E-state index contributed by atoms with van der Waals surface area (Å²) in [5.41, 5.74) is 0.822. The highest BCUT2D eigenvalue weighted by Gasteiger charge is 2.24. The number of hydrogen-bond donors (Lipinski definition) is 0. The molecule has 5 heteroatoms. The van der Waals surface area contributed by atoms with Crippen LogP contribution in [0.25, 0.3) is 0 Å². The number of halogens is 1. The van der Waals surface area contributed by atoms with E-state index in [0.717, 1.165) is 21.5 Å². The predicted molar refractivity (Wildman–Crippen MR) is 79.6 cm³/mol. The van der Waals surface area contributed by atoms with E-state index in [1.54, 1.807) is 11.3 Å². The van der Waals surface area contributed by atoms with Crippen molar-refractivity contribution in [3.05, 3.63) is 19.9 Å². The molecular weight excluding hydrogens is 347 g/mol. The summed E-state index contributed by atoms with van der Waals surface area (Å²) < 4.78 is 1.16. The summed E-state index contributed by atoms with van der Waals surface area (Å²) >= 11 is 3.87. The summed E-state index contributed by atoms with van der Waals surface area (Å²) in [6, 6.07) is 2.49. The second kappa shape index (κ2) is 5.67. The quantitative estimate of drug-likeness (QED) is 0.770. The molecular formula is C12H17IN2OS. The largest absolute Gasteiger partial charge is 0.340 e. The average molecular weight is 364 g/mol. The van der Waals surface area contributed by atoms with Gasteiger partial charge in [0.2, 0.25) is 0 Å². The molecule has 1 saturated heterocycles. The maximum Gasteiger partial charge on any atom is 0.254 e. The molecule has 0 N–H and O–H groups in total. The van der Waals surface area contributed by atoms with Crippen molar-refractivity contribution in [2.24, 2.45) is 0 Å². The van der Waals surface area contributed by atoms with Gasteiger partial charge in [0, 0.05) is 25.0 Å². The van der Waals surface area contributed by atoms with Gasteiger partial charge in [0.1, 0.15) is 0 Å². The molecule has 1 unspecified atom stereocenters. The van der Waals surface area contributed by atoms with Crippen LogP contribution in [-0.2, 0) is 0 Å². The number of likely N-dealkylation sites (tertiary alicyclic amines) is 1. The number of nitrogens with zero attached hydrogens (tertiary/aromatic N) is 2. The van der Waals surface area contributed by atoms with Gasteiger partial charge in [-0.25, -0.2) is 0 Å². The zero-order valence-corrected chi connectivity index (χ0v) is 13.1. The summed E-state index contributed by atoms with van der Waals surface area (Å²) in [5.74, 6) is 0.143. The smallest absolute Gasteiger partial charge is 0.254 e. The van der Waals surface area contributed by atoms with Gasteiger partial charge in [0.15, 0.2) is 0 Å². The van der Waals surface area contributed by atoms with Crippen molar-refractivity contribution in [1.82, 2.24) is 9.80 Å². The summed E-state index contributed by atoms with van der Waals surface area (Å²) in [6.07, 6.45) is 2.45. The summed E-state index contributed by atoms with van der Waals surface area (Å²) in [4.78, 5) is 16.4. The molecule has 0 bridgehead atoms. The Morgan fingerprint density at radius 1 is 1.71 bits per heavy atom. The Hall–Kier alpha value is -0.140. The van der Waals surface area contributed by atoms with Crippen LogP contribution >= 0.6 is 33.9 Å². The van der Waals surface area contributed by atoms with Crippen LogP contribution in [0, 0.1) is 2.88 Å². The van der Waals surface area contributed by atoms with E-state index in [0.29, 0.717) is 6.04 Å². The number of thiophene rings is 1. The van der Waals surface area contributed by atoms with Gasteiger partial charge in [0.25, 0.3) is 5.91 Å². The Morgan fingerprint density at radius 2 is 2.47 bits per heavy atom. The molecule has 0 aliphatic carbocycles. The van der Waals surface area contributed by atoms with E-state index in [4.69, 9.17) is 0 Å². The lowest BCUT2D eigenvalue weighted by molar-refractivity contribution is 0.0762. The SMILES string of the molecule is CN(CC1CCCN1C)C(=O)c1csc(I)c1. The maximum absolute atomic E-state index is 12.2. The monoisotopic (exact) mass is 364 g/mol. The van der Waals surface area contributed by atoms with Crippen LogP contribution in [0.2, 0.25) is 0 Å². The lowest BCUT2D eigenvalue weighted by Crippen LogP contribution is -2.39. The van der Waals surface area contributed by atoms with E-state index in [1.807, 2.05) is 23.4 Å². The second-order valence-electron chi connectivity index (χ2n) is 4.60. The number of amides is 1. The minimum Gasteiger partial charge on any atom is -0.340 e. The van der Waals surface area contributed by atoms with E-state index in [-0.39, 0.29) is 5.91 Å². The number of rotatable bonds is 3. The molecule has 0 aromatic carbocycles. The van der Waals surface area contributed by atoms with Gasteiger partial charge in [-0.3, -0.25) is 4.79 Å². The standard InChI is InChI=1S/C12H17IN2OS/c1-14-5-3-4-10(14)7-15(2)12(16)9-6-11(13)17-8-9/h6,8,10H,3-5,7H2,1-2H3. The number of likely N-dealkylation sites (N-methyl/N-ethyl adjacent to an activating group) is 2. The third kappa shape index (κ3) is 3.20. The summed E-state index contributed by atoms with van der Waals surface area (Å²) in [7, 11) is 4.04. The highest BCUT2D eigenvalue weighted by atomic mass is 127. The van der Waals surface area contributed by atoms with Crippen molar-refractivity contribution in [3.8, 4) is 0 Å². The molecule has 0 radical (unpaired) electrons. The molecule has 1 fully saturated rings. The van der Waals surface area contributed by atoms with Crippen LogP contribution < -0.4 is 0 Å². The Kier molecular flexibility index (Phi) is 4.43. The number of carbonyl (C=O) groups excluding carboxylic acids is 1. The van der Waals surface area contributed by atoms with Crippen LogP contribution in [0.15, 0.2) is 11.4 Å². The third-order valence-electron chi connectivity index (χ3n) is 3.32. The van der Waals surface area contributed by atoms with E-state index < -0.39 is 0 Å². The van der Waals surface area contributed by atoms with Crippen molar-refractivity contribution in [2.75, 3.05) is 27.2 Å². The molecule has 94 valence electrons. The van der Waals surface area contributed by atoms with Crippen LogP contribution in [0.4, 0.5) is 0 Å². The maximum atomic E-state index is 12.2. The van der Waals surface area contributed by atoms with Crippen molar-refractivity contribution < 1.29 is 4.79 Å². The van der Waals surface area contributed by atoms with E-state index >= 15 is 0 Å². The van der Waals surface area contributed by atoms with Gasteiger partial charge in [-0.05, 0) is 55.1 Å². The lowest BCUT2D eigenvalue weighted by Gasteiger charge is -2.25. The minimum atomic E-state index is 0.143. The Bertz CT molecular complexity index is 407. The fraction of sp³-hybridized carbons (Fsp3) is 0.583. The van der Waals surface area contributed by atoms with Gasteiger partial charge in [-0.1, -0.05) is 0 Å². The molecule has 0 saturated carbocycles. The topological polar surface area (TPSA) is 23.6 Å². The normalized spacial score (nSPS) is 20.8. The first-order valence-electron chi connectivity index (χ1n) is 5.77. The molecule has 2 heterocycles. The summed E-state index contributed by atoms with van der Waals surface area (Å²) in [5, 5.41) is 1.94. The van der Waals surface area contributed by atoms with Crippen LogP contribution in [0.1, 0.15) is 23.2 Å². The molecule has 1 aliphatic heterocycles. The zero-order chi connectivity index (χ0) is 12.4. The van der Waals surface area contributed by atoms with Gasteiger partial charge in [-0.2, -0.15) is 0 Å². The fourth-order valence-electron chi connectivity index (χ4n) is 2.25. The third-order valence-corrected chi connectivity index (χ3v) is 5.11. The molecule has 2 rings (SSSR count). The van der Waals surface area contributed by atoms with Gasteiger partial charge in [0.05, 0.1) is 8.45 Å². The molecule has 1 amide bonds. The van der Waals surface area contributed by atoms with Crippen molar-refractivity contribution in [1.29, 1.82) is 0 Å². The van der Waals surface area contributed by atoms with Crippen molar-refractivity contribution in [2.45, 2.75) is 18.9 Å². The molecule has 17 heavy (non-hydrogen) atoms. The molecule has 1 aromatic heterocycles. The highest BCUT2D eigenvalue weighted by molar-refractivity contribution is 14.1. The van der Waals surface area contributed by atoms with Gasteiger partial charge >= 0.3 is 0 Å². The van der Waals surface area contributed by atoms with Gasteiger partial charge in [-0.15, -0.1) is 11.3 Å². The van der Waals surface area contributed by atoms with Crippen LogP contribution in [-0.4, -0.2) is 48.9 Å². The molecule has 1 aliphatic rings. The molecule has 1 aromatic rings. The zero-order valence-electron chi connectivity index (χ0n) is 10.1. The summed E-state index contributed by atoms with van der Waals surface area (Å²) in [6.45, 7) is 1.99. The average Bonchev–Trinajstić information content (AvgIpc) is 2.88. The number of carbonyl (C=O) groups is 1. The van der Waals surface area contributed by atoms with Crippen LogP contribution in [0.5, 0.6) is 0 Å². The lowest BCUT2D eigenvalue weighted by atomic mass is 10.2. The van der Waals surface area contributed by atoms with E-state index in [1.165, 1.54) is 12.8 Å². The first kappa shape index (κ1) is 13.3. The Morgan fingerprint density at radius 3 is 3.00 bits per heavy atom. The first-order valence-corrected chi connectivity index (χ1v) is 7.73. The van der Waals surface area contributed by atoms with E-state index in [2.05, 4.69) is 34.5 Å². The minimum absolute atomic E-state index is 0.143. The second-order valence-corrected chi connectivity index (χ2v) is 7.41. The van der Waals surface area contributed by atoms with Crippen molar-refractivity contribution >= 4 is 39.8 Å². The van der Waals surface area contributed by atoms with Crippen LogP contribution in [0.3, 0.4) is 0 Å². The van der Waals surface area contributed by atoms with E-state index in [9.17, 15) is 4.79 Å². The first-order chi connectivity index (χ1) is 8.08. The highest BCUT2D eigenvalue weighted by Crippen LogP contribution is 2.19. The molecule has 3 nitrogen and oxygen atoms in total. The van der Waals surface area contributed by atoms with Crippen molar-refractivity contribution in [3.63, 3.8) is 0 Å². The fourth-order valence-corrected chi connectivity index (χ4v) is 3.57. The molecule has 1 atom stereocenters.